The van der Waals surface area contributed by atoms with Crippen molar-refractivity contribution in [2.24, 2.45) is 0 Å². The second-order valence-corrected chi connectivity index (χ2v) is 8.90. The van der Waals surface area contributed by atoms with E-state index in [9.17, 15) is 4.39 Å². The van der Waals surface area contributed by atoms with Crippen LogP contribution in [0.5, 0.6) is 0 Å². The maximum atomic E-state index is 13.6. The van der Waals surface area contributed by atoms with Gasteiger partial charge in [-0.1, -0.05) is 24.3 Å². The van der Waals surface area contributed by atoms with Crippen molar-refractivity contribution < 1.29 is 13.9 Å². The highest BCUT2D eigenvalue weighted by Crippen LogP contribution is 2.46. The van der Waals surface area contributed by atoms with Crippen molar-refractivity contribution in [3.63, 3.8) is 0 Å². The number of hydrogen-bond acceptors (Lipinski definition) is 4. The van der Waals surface area contributed by atoms with E-state index in [0.717, 1.165) is 57.4 Å². The Bertz CT molecular complexity index is 850. The van der Waals surface area contributed by atoms with Gasteiger partial charge >= 0.3 is 0 Å². The fourth-order valence-corrected chi connectivity index (χ4v) is 5.57. The number of pyridine rings is 1. The van der Waals surface area contributed by atoms with E-state index in [1.165, 1.54) is 23.4 Å². The Balaban J connectivity index is 1.34. The molecule has 0 saturated carbocycles. The number of hydrogen-bond donors (Lipinski definition) is 1. The van der Waals surface area contributed by atoms with Crippen molar-refractivity contribution in [3.05, 3.63) is 65.2 Å². The van der Waals surface area contributed by atoms with Gasteiger partial charge in [-0.15, -0.1) is 0 Å². The van der Waals surface area contributed by atoms with Gasteiger partial charge in [0.2, 0.25) is 0 Å². The lowest BCUT2D eigenvalue weighted by Gasteiger charge is -2.45. The number of aryl methyl sites for hydroxylation is 1. The van der Waals surface area contributed by atoms with Crippen LogP contribution in [0.1, 0.15) is 55.0 Å². The minimum atomic E-state index is -0.282. The summed E-state index contributed by atoms with van der Waals surface area (Å²) in [6, 6.07) is 12.6. The first-order chi connectivity index (χ1) is 14.2. The number of ether oxygens (including phenoxy) is 2. The van der Waals surface area contributed by atoms with Crippen LogP contribution in [0.4, 0.5) is 4.39 Å². The fraction of sp³-hybridized carbons (Fsp3) is 0.542. The lowest BCUT2D eigenvalue weighted by atomic mass is 9.68. The average molecular weight is 397 g/mol. The smallest absolute Gasteiger partial charge is 0.141 e. The van der Waals surface area contributed by atoms with E-state index < -0.39 is 0 Å². The molecule has 29 heavy (non-hydrogen) atoms. The zero-order valence-electron chi connectivity index (χ0n) is 16.8. The largest absolute Gasteiger partial charge is 0.378 e. The van der Waals surface area contributed by atoms with E-state index in [1.807, 2.05) is 6.07 Å². The first-order valence-electron chi connectivity index (χ1n) is 10.8. The molecule has 2 aromatic rings. The zero-order valence-corrected chi connectivity index (χ0v) is 16.8. The van der Waals surface area contributed by atoms with Crippen LogP contribution in [0.25, 0.3) is 0 Å². The molecule has 0 amide bonds. The number of aromatic nitrogens is 1. The van der Waals surface area contributed by atoms with Crippen LogP contribution in [0.2, 0.25) is 0 Å². The lowest BCUT2D eigenvalue weighted by Crippen LogP contribution is -2.49. The third-order valence-electron chi connectivity index (χ3n) is 7.11. The molecule has 2 aliphatic heterocycles. The second kappa shape index (κ2) is 7.78. The van der Waals surface area contributed by atoms with E-state index in [1.54, 1.807) is 0 Å². The topological polar surface area (TPSA) is 43.4 Å². The molecule has 1 aliphatic carbocycles. The van der Waals surface area contributed by atoms with Crippen molar-refractivity contribution in [3.8, 4) is 0 Å². The molecule has 5 heteroatoms. The van der Waals surface area contributed by atoms with Gasteiger partial charge in [-0.25, -0.2) is 4.39 Å². The minimum Gasteiger partial charge on any atom is -0.378 e. The van der Waals surface area contributed by atoms with Gasteiger partial charge in [0.05, 0.1) is 18.4 Å². The van der Waals surface area contributed by atoms with Crippen LogP contribution in [-0.4, -0.2) is 37.0 Å². The first-order valence-corrected chi connectivity index (χ1v) is 10.8. The van der Waals surface area contributed by atoms with Gasteiger partial charge in [-0.3, -0.25) is 4.98 Å². The van der Waals surface area contributed by atoms with Crippen molar-refractivity contribution in [2.75, 3.05) is 26.4 Å². The van der Waals surface area contributed by atoms with Crippen LogP contribution in [0.15, 0.2) is 42.6 Å². The number of halogens is 1. The SMILES string of the molecule is Fc1ccc(C2(CCNC3CCc4ccccc43)CCOC3(CCOC3)C2)nc1. The molecular weight excluding hydrogens is 367 g/mol. The first kappa shape index (κ1) is 19.2. The summed E-state index contributed by atoms with van der Waals surface area (Å²) < 4.78 is 25.4. The fourth-order valence-electron chi connectivity index (χ4n) is 5.57. The predicted molar refractivity (Wildman–Crippen MR) is 109 cm³/mol. The number of benzene rings is 1. The van der Waals surface area contributed by atoms with Gasteiger partial charge in [0.25, 0.3) is 0 Å². The molecule has 1 spiro atoms. The monoisotopic (exact) mass is 396 g/mol. The van der Waals surface area contributed by atoms with E-state index >= 15 is 0 Å². The summed E-state index contributed by atoms with van der Waals surface area (Å²) in [7, 11) is 0. The summed E-state index contributed by atoms with van der Waals surface area (Å²) >= 11 is 0. The van der Waals surface area contributed by atoms with Gasteiger partial charge in [0.1, 0.15) is 5.82 Å². The quantitative estimate of drug-likeness (QED) is 0.827. The van der Waals surface area contributed by atoms with Crippen molar-refractivity contribution in [1.82, 2.24) is 10.3 Å². The molecule has 154 valence electrons. The van der Waals surface area contributed by atoms with Gasteiger partial charge in [-0.05, 0) is 61.9 Å². The molecule has 1 N–H and O–H groups in total. The molecule has 3 aliphatic rings. The van der Waals surface area contributed by atoms with E-state index in [-0.39, 0.29) is 16.8 Å². The van der Waals surface area contributed by atoms with Gasteiger partial charge in [0.15, 0.2) is 0 Å². The molecule has 3 unspecified atom stereocenters. The molecule has 1 aromatic carbocycles. The number of nitrogens with one attached hydrogen (secondary N) is 1. The van der Waals surface area contributed by atoms with Crippen LogP contribution >= 0.6 is 0 Å². The molecule has 2 saturated heterocycles. The molecule has 4 nitrogen and oxygen atoms in total. The molecular formula is C24H29FN2O2. The van der Waals surface area contributed by atoms with E-state index in [0.29, 0.717) is 19.3 Å². The maximum absolute atomic E-state index is 13.6. The number of fused-ring (bicyclic) bond motifs is 1. The van der Waals surface area contributed by atoms with Crippen LogP contribution in [-0.2, 0) is 21.3 Å². The summed E-state index contributed by atoms with van der Waals surface area (Å²) in [6.45, 7) is 3.02. The van der Waals surface area contributed by atoms with Crippen LogP contribution < -0.4 is 5.32 Å². The molecule has 5 rings (SSSR count). The third kappa shape index (κ3) is 3.72. The van der Waals surface area contributed by atoms with Crippen LogP contribution in [0, 0.1) is 5.82 Å². The molecule has 0 bridgehead atoms. The van der Waals surface area contributed by atoms with E-state index in [4.69, 9.17) is 9.47 Å². The van der Waals surface area contributed by atoms with Crippen molar-refractivity contribution in [2.45, 2.75) is 55.6 Å². The average Bonchev–Trinajstić information content (AvgIpc) is 3.36. The molecule has 2 fully saturated rings. The Morgan fingerprint density at radius 1 is 1.14 bits per heavy atom. The second-order valence-electron chi connectivity index (χ2n) is 8.90. The molecule has 0 radical (unpaired) electrons. The summed E-state index contributed by atoms with van der Waals surface area (Å²) in [5.41, 5.74) is 3.57. The van der Waals surface area contributed by atoms with E-state index in [2.05, 4.69) is 34.6 Å². The summed E-state index contributed by atoms with van der Waals surface area (Å²) in [5, 5.41) is 3.80. The van der Waals surface area contributed by atoms with Crippen molar-refractivity contribution in [1.29, 1.82) is 0 Å². The van der Waals surface area contributed by atoms with Crippen molar-refractivity contribution >= 4 is 0 Å². The Labute approximate surface area is 171 Å². The van der Waals surface area contributed by atoms with Crippen LogP contribution in [0.3, 0.4) is 0 Å². The Morgan fingerprint density at radius 3 is 2.90 bits per heavy atom. The van der Waals surface area contributed by atoms with Gasteiger partial charge in [0, 0.05) is 36.8 Å². The summed E-state index contributed by atoms with van der Waals surface area (Å²) in [5.74, 6) is -0.282. The number of rotatable bonds is 5. The Kier molecular flexibility index (Phi) is 5.14. The molecule has 1 aromatic heterocycles. The highest BCUT2D eigenvalue weighted by molar-refractivity contribution is 5.34. The lowest BCUT2D eigenvalue weighted by molar-refractivity contribution is -0.109. The predicted octanol–water partition coefficient (Wildman–Crippen LogP) is 4.10. The maximum Gasteiger partial charge on any atom is 0.141 e. The molecule has 3 atom stereocenters. The Morgan fingerprint density at radius 2 is 2.07 bits per heavy atom. The standard InChI is InChI=1S/C24H29FN2O2/c25-19-6-8-22(27-15-19)23(10-14-29-24(16-23)11-13-28-17-24)9-12-26-21-7-5-18-3-1-2-4-20(18)21/h1-4,6,8,15,21,26H,5,7,9-14,16-17H2. The zero-order chi connectivity index (χ0) is 19.7. The van der Waals surface area contributed by atoms with Gasteiger partial charge in [-0.2, -0.15) is 0 Å². The van der Waals surface area contributed by atoms with Gasteiger partial charge < -0.3 is 14.8 Å². The molecule has 3 heterocycles. The third-order valence-corrected chi connectivity index (χ3v) is 7.11. The normalized spacial score (nSPS) is 31.3. The highest BCUT2D eigenvalue weighted by atomic mass is 19.1. The summed E-state index contributed by atoms with van der Waals surface area (Å²) in [4.78, 5) is 4.52. The number of nitrogens with zero attached hydrogens (tertiary/aromatic N) is 1. The minimum absolute atomic E-state index is 0.106. The Hall–Kier alpha value is -1.82. The summed E-state index contributed by atoms with van der Waals surface area (Å²) in [6.07, 6.45) is 7.35. The highest BCUT2D eigenvalue weighted by Gasteiger charge is 2.49.